The average molecular weight is 512 g/mol. The number of halogens is 2. The molecule has 1 heterocycles. The van der Waals surface area contributed by atoms with Crippen molar-refractivity contribution < 1.29 is 18.7 Å². The van der Waals surface area contributed by atoms with Gasteiger partial charge in [-0.2, -0.15) is 0 Å². The molecule has 1 atom stereocenters. The second-order valence-electron chi connectivity index (χ2n) is 7.73. The summed E-state index contributed by atoms with van der Waals surface area (Å²) >= 11 is 7.22. The summed E-state index contributed by atoms with van der Waals surface area (Å²) in [5.41, 5.74) is 1.97. The summed E-state index contributed by atoms with van der Waals surface area (Å²) in [6.45, 7) is 2.76. The zero-order chi connectivity index (χ0) is 24.8. The van der Waals surface area contributed by atoms with Crippen LogP contribution >= 0.6 is 23.4 Å². The third-order valence-electron chi connectivity index (χ3n) is 5.17. The summed E-state index contributed by atoms with van der Waals surface area (Å²) in [6, 6.07) is 19.9. The minimum absolute atomic E-state index is 0.00752. The molecule has 0 unspecified atom stereocenters. The first-order chi connectivity index (χ1) is 16.9. The fourth-order valence-electron chi connectivity index (χ4n) is 3.42. The lowest BCUT2D eigenvalue weighted by Gasteiger charge is -2.32. The Kier molecular flexibility index (Phi) is 8.05. The molecule has 1 N–H and O–H groups in total. The number of benzene rings is 3. The summed E-state index contributed by atoms with van der Waals surface area (Å²) in [5, 5.41) is 3.09. The monoisotopic (exact) mass is 511 g/mol. The first kappa shape index (κ1) is 24.8. The van der Waals surface area contributed by atoms with Gasteiger partial charge >= 0.3 is 0 Å². The number of rotatable bonds is 7. The fourth-order valence-corrected chi connectivity index (χ4v) is 4.64. The predicted octanol–water partition coefficient (Wildman–Crippen LogP) is 6.04. The van der Waals surface area contributed by atoms with Gasteiger partial charge in [0.05, 0.1) is 18.8 Å². The zero-order valence-electron chi connectivity index (χ0n) is 18.9. The predicted molar refractivity (Wildman–Crippen MR) is 138 cm³/mol. The molecule has 3 aromatic carbocycles. The van der Waals surface area contributed by atoms with Crippen molar-refractivity contribution in [2.24, 2.45) is 4.99 Å². The van der Waals surface area contributed by atoms with Crippen LogP contribution in [0.5, 0.6) is 5.75 Å². The van der Waals surface area contributed by atoms with Crippen molar-refractivity contribution in [1.29, 1.82) is 0 Å². The van der Waals surface area contributed by atoms with Crippen LogP contribution in [0.15, 0.2) is 77.8 Å². The van der Waals surface area contributed by atoms with E-state index in [-0.39, 0.29) is 18.2 Å². The summed E-state index contributed by atoms with van der Waals surface area (Å²) in [4.78, 5) is 32.4. The first-order valence-corrected chi connectivity index (χ1v) is 12.3. The van der Waals surface area contributed by atoms with Gasteiger partial charge in [0.15, 0.2) is 5.17 Å². The highest BCUT2D eigenvalue weighted by molar-refractivity contribution is 8.15. The largest absolute Gasteiger partial charge is 0.494 e. The Labute approximate surface area is 212 Å². The maximum absolute atomic E-state index is 13.2. The van der Waals surface area contributed by atoms with E-state index >= 15 is 0 Å². The average Bonchev–Trinajstić information content (AvgIpc) is 2.85. The van der Waals surface area contributed by atoms with Crippen LogP contribution in [0, 0.1) is 5.82 Å². The van der Waals surface area contributed by atoms with E-state index in [0.29, 0.717) is 34.7 Å². The van der Waals surface area contributed by atoms with Gasteiger partial charge in [0.2, 0.25) is 11.8 Å². The molecule has 0 aromatic heterocycles. The number of aliphatic imine (C=N–C) groups is 1. The zero-order valence-corrected chi connectivity index (χ0v) is 20.5. The van der Waals surface area contributed by atoms with Crippen LogP contribution in [0.3, 0.4) is 0 Å². The second kappa shape index (κ2) is 11.4. The molecule has 0 spiro atoms. The highest BCUT2D eigenvalue weighted by Gasteiger charge is 2.36. The summed E-state index contributed by atoms with van der Waals surface area (Å²) in [5.74, 6) is -0.241. The van der Waals surface area contributed by atoms with Crippen LogP contribution in [0.2, 0.25) is 5.02 Å². The van der Waals surface area contributed by atoms with E-state index in [1.54, 1.807) is 41.3 Å². The molecule has 2 amide bonds. The highest BCUT2D eigenvalue weighted by Crippen LogP contribution is 2.31. The fraction of sp³-hybridized carbons (Fsp3) is 0.192. The molecular formula is C26H23ClFN3O3S. The van der Waals surface area contributed by atoms with Gasteiger partial charge in [-0.15, -0.1) is 0 Å². The quantitative estimate of drug-likeness (QED) is 0.420. The standard InChI is InChI=1S/C26H23ClFN3O3S/c1-2-34-22-13-11-21(12-14-22)30-26-31(16-17-3-5-18(27)6-4-17)24(32)15-23(35-26)25(33)29-20-9-7-19(28)8-10-20/h3-14,23H,2,15-16H2,1H3,(H,29,33)/t23-/m1/s1. The van der Waals surface area contributed by atoms with Gasteiger partial charge in [0, 0.05) is 17.1 Å². The van der Waals surface area contributed by atoms with Gasteiger partial charge in [-0.1, -0.05) is 35.5 Å². The minimum atomic E-state index is -0.685. The molecule has 9 heteroatoms. The lowest BCUT2D eigenvalue weighted by atomic mass is 10.2. The van der Waals surface area contributed by atoms with Crippen molar-refractivity contribution in [1.82, 2.24) is 4.90 Å². The number of nitrogens with one attached hydrogen (secondary N) is 1. The van der Waals surface area contributed by atoms with Crippen LogP contribution in [-0.4, -0.2) is 33.7 Å². The van der Waals surface area contributed by atoms with Gasteiger partial charge in [-0.05, 0) is 73.2 Å². The highest BCUT2D eigenvalue weighted by atomic mass is 35.5. The summed E-state index contributed by atoms with van der Waals surface area (Å²) in [7, 11) is 0. The molecular weight excluding hydrogens is 489 g/mol. The summed E-state index contributed by atoms with van der Waals surface area (Å²) < 4.78 is 18.7. The topological polar surface area (TPSA) is 71.0 Å². The number of nitrogens with zero attached hydrogens (tertiary/aromatic N) is 2. The number of thioether (sulfide) groups is 1. The Morgan fingerprint density at radius 1 is 1.11 bits per heavy atom. The van der Waals surface area contributed by atoms with Crippen LogP contribution in [0.1, 0.15) is 18.9 Å². The number of amides is 2. The maximum atomic E-state index is 13.2. The van der Waals surface area contributed by atoms with E-state index in [1.807, 2.05) is 19.1 Å². The van der Waals surface area contributed by atoms with Crippen LogP contribution in [0.4, 0.5) is 15.8 Å². The Morgan fingerprint density at radius 2 is 1.80 bits per heavy atom. The number of carbonyl (C=O) groups is 2. The van der Waals surface area contributed by atoms with Crippen LogP contribution < -0.4 is 10.1 Å². The second-order valence-corrected chi connectivity index (χ2v) is 9.34. The Balaban J connectivity index is 1.58. The molecule has 0 aliphatic carbocycles. The smallest absolute Gasteiger partial charge is 0.238 e. The van der Waals surface area contributed by atoms with Gasteiger partial charge in [-0.25, -0.2) is 9.38 Å². The maximum Gasteiger partial charge on any atom is 0.238 e. The van der Waals surface area contributed by atoms with E-state index in [4.69, 9.17) is 16.3 Å². The van der Waals surface area contributed by atoms with Crippen molar-refractivity contribution >= 4 is 51.7 Å². The number of amidine groups is 1. The molecule has 0 bridgehead atoms. The van der Waals surface area contributed by atoms with Crippen molar-refractivity contribution in [3.8, 4) is 5.75 Å². The van der Waals surface area contributed by atoms with E-state index < -0.39 is 11.1 Å². The molecule has 0 radical (unpaired) electrons. The third-order valence-corrected chi connectivity index (χ3v) is 6.61. The van der Waals surface area contributed by atoms with E-state index in [0.717, 1.165) is 11.3 Å². The van der Waals surface area contributed by atoms with Crippen molar-refractivity contribution in [3.05, 3.63) is 89.2 Å². The molecule has 1 fully saturated rings. The van der Waals surface area contributed by atoms with E-state index in [2.05, 4.69) is 10.3 Å². The molecule has 4 rings (SSSR count). The van der Waals surface area contributed by atoms with Crippen LogP contribution in [0.25, 0.3) is 0 Å². The molecule has 3 aromatic rings. The lowest BCUT2D eigenvalue weighted by Crippen LogP contribution is -2.44. The number of carbonyl (C=O) groups excluding carboxylic acids is 2. The van der Waals surface area contributed by atoms with Crippen LogP contribution in [-0.2, 0) is 16.1 Å². The molecule has 180 valence electrons. The van der Waals surface area contributed by atoms with Gasteiger partial charge < -0.3 is 10.1 Å². The molecule has 0 saturated carbocycles. The summed E-state index contributed by atoms with van der Waals surface area (Å²) in [6.07, 6.45) is 0.00752. The van der Waals surface area contributed by atoms with Crippen molar-refractivity contribution in [2.75, 3.05) is 11.9 Å². The van der Waals surface area contributed by atoms with Crippen molar-refractivity contribution in [2.45, 2.75) is 25.1 Å². The lowest BCUT2D eigenvalue weighted by molar-refractivity contribution is -0.129. The molecule has 1 aliphatic heterocycles. The molecule has 6 nitrogen and oxygen atoms in total. The normalized spacial score (nSPS) is 16.9. The van der Waals surface area contributed by atoms with Gasteiger partial charge in [0.25, 0.3) is 0 Å². The van der Waals surface area contributed by atoms with Gasteiger partial charge in [-0.3, -0.25) is 14.5 Å². The Bertz CT molecular complexity index is 1220. The number of anilines is 1. The molecule has 1 aliphatic rings. The van der Waals surface area contributed by atoms with E-state index in [9.17, 15) is 14.0 Å². The Morgan fingerprint density at radius 3 is 2.46 bits per heavy atom. The van der Waals surface area contributed by atoms with Crippen molar-refractivity contribution in [3.63, 3.8) is 0 Å². The first-order valence-electron chi connectivity index (χ1n) is 11.0. The number of hydrogen-bond acceptors (Lipinski definition) is 5. The SMILES string of the molecule is CCOc1ccc(N=C2S[C@@H](C(=O)Nc3ccc(F)cc3)CC(=O)N2Cc2ccc(Cl)cc2)cc1. The van der Waals surface area contributed by atoms with Gasteiger partial charge in [0.1, 0.15) is 16.8 Å². The van der Waals surface area contributed by atoms with E-state index in [1.165, 1.54) is 36.0 Å². The molecule has 1 saturated heterocycles. The number of ether oxygens (including phenoxy) is 1. The molecule has 35 heavy (non-hydrogen) atoms. The minimum Gasteiger partial charge on any atom is -0.494 e. The number of hydrogen-bond donors (Lipinski definition) is 1. The third kappa shape index (κ3) is 6.61. The Hall–Kier alpha value is -3.36.